The molecule has 8 heteroatoms. The minimum atomic E-state index is -0.253. The van der Waals surface area contributed by atoms with Crippen molar-refractivity contribution in [1.82, 2.24) is 14.8 Å². The summed E-state index contributed by atoms with van der Waals surface area (Å²) >= 11 is 1.84. The fourth-order valence-corrected chi connectivity index (χ4v) is 6.04. The number of carbonyl (C=O) groups excluding carboxylic acids is 1. The lowest BCUT2D eigenvalue weighted by Gasteiger charge is -2.26. The lowest BCUT2D eigenvalue weighted by molar-refractivity contribution is 0.247. The molecule has 0 saturated heterocycles. The third-order valence-corrected chi connectivity index (χ3v) is 7.70. The number of hydrogen-bond acceptors (Lipinski definition) is 5. The Labute approximate surface area is 212 Å². The summed E-state index contributed by atoms with van der Waals surface area (Å²) in [7, 11) is 5.36. The average Bonchev–Trinajstić information content (AvgIpc) is 3.49. The number of fused-ring (bicyclic) bond motifs is 1. The van der Waals surface area contributed by atoms with E-state index in [1.54, 1.807) is 26.4 Å². The summed E-state index contributed by atoms with van der Waals surface area (Å²) in [4.78, 5) is 17.1. The minimum absolute atomic E-state index is 0.102. The monoisotopic (exact) mass is 496 g/mol. The Bertz CT molecular complexity index is 1140. The molecule has 0 unspecified atom stereocenters. The molecule has 3 heterocycles. The van der Waals surface area contributed by atoms with Gasteiger partial charge in [-0.2, -0.15) is 0 Å². The highest BCUT2D eigenvalue weighted by atomic mass is 32.1. The Hall–Kier alpha value is -2.97. The van der Waals surface area contributed by atoms with Gasteiger partial charge in [-0.05, 0) is 62.1 Å². The zero-order valence-corrected chi connectivity index (χ0v) is 22.1. The first-order valence-electron chi connectivity index (χ1n) is 12.2. The summed E-state index contributed by atoms with van der Waals surface area (Å²) < 4.78 is 13.0. The summed E-state index contributed by atoms with van der Waals surface area (Å²) in [6.07, 6.45) is 7.05. The van der Waals surface area contributed by atoms with Crippen LogP contribution in [0.2, 0.25) is 0 Å². The normalized spacial score (nSPS) is 14.5. The zero-order chi connectivity index (χ0) is 24.9. The summed E-state index contributed by atoms with van der Waals surface area (Å²) in [6, 6.07) is 9.12. The molecule has 188 valence electrons. The van der Waals surface area contributed by atoms with E-state index in [0.29, 0.717) is 23.1 Å². The molecule has 7 nitrogen and oxygen atoms in total. The van der Waals surface area contributed by atoms with Crippen LogP contribution in [-0.4, -0.2) is 43.3 Å². The number of aromatic nitrogens is 1. The van der Waals surface area contributed by atoms with Gasteiger partial charge in [-0.25, -0.2) is 4.79 Å². The number of nitrogens with zero attached hydrogens (tertiary/aromatic N) is 2. The number of hydrogen-bond donors (Lipinski definition) is 2. The molecule has 2 N–H and O–H groups in total. The van der Waals surface area contributed by atoms with Gasteiger partial charge >= 0.3 is 6.03 Å². The third-order valence-electron chi connectivity index (χ3n) is 6.45. The highest BCUT2D eigenvalue weighted by molar-refractivity contribution is 7.15. The number of anilines is 1. The van der Waals surface area contributed by atoms with Crippen LogP contribution in [0, 0.1) is 5.92 Å². The quantitative estimate of drug-likeness (QED) is 0.390. The van der Waals surface area contributed by atoms with E-state index >= 15 is 0 Å². The molecular formula is C27H36N4O3S. The molecule has 1 atom stereocenters. The number of methoxy groups -OCH3 is 2. The van der Waals surface area contributed by atoms with Gasteiger partial charge < -0.3 is 29.6 Å². The van der Waals surface area contributed by atoms with Gasteiger partial charge in [0.15, 0.2) is 0 Å². The second kappa shape index (κ2) is 11.2. The Balaban J connectivity index is 1.67. The second-order valence-corrected chi connectivity index (χ2v) is 10.6. The lowest BCUT2D eigenvalue weighted by Crippen LogP contribution is -2.34. The molecule has 0 saturated carbocycles. The number of carbonyl (C=O) groups is 1. The molecule has 2 amide bonds. The third kappa shape index (κ3) is 5.82. The second-order valence-electron chi connectivity index (χ2n) is 9.49. The molecule has 3 aromatic rings. The van der Waals surface area contributed by atoms with E-state index in [-0.39, 0.29) is 12.1 Å². The van der Waals surface area contributed by atoms with Crippen molar-refractivity contribution in [3.05, 3.63) is 58.7 Å². The first-order chi connectivity index (χ1) is 16.9. The van der Waals surface area contributed by atoms with E-state index in [0.717, 1.165) is 32.4 Å². The van der Waals surface area contributed by atoms with Crippen molar-refractivity contribution >= 4 is 23.1 Å². The van der Waals surface area contributed by atoms with Crippen molar-refractivity contribution < 1.29 is 14.3 Å². The van der Waals surface area contributed by atoms with Crippen LogP contribution >= 0.6 is 11.3 Å². The highest BCUT2D eigenvalue weighted by Gasteiger charge is 2.29. The van der Waals surface area contributed by atoms with Gasteiger partial charge in [0, 0.05) is 42.0 Å². The number of benzene rings is 1. The number of nitrogens with one attached hydrogen (secondary N) is 2. The number of ether oxygens (including phenoxy) is 2. The predicted molar refractivity (Wildman–Crippen MR) is 142 cm³/mol. The lowest BCUT2D eigenvalue weighted by atomic mass is 9.92. The fraction of sp³-hybridized carbons (Fsp3) is 0.444. The van der Waals surface area contributed by atoms with Gasteiger partial charge in [0.2, 0.25) is 0 Å². The number of likely N-dealkylation sites (N-methyl/N-ethyl adjacent to an activating group) is 1. The average molecular weight is 497 g/mol. The van der Waals surface area contributed by atoms with Crippen LogP contribution in [0.5, 0.6) is 11.5 Å². The first kappa shape index (κ1) is 25.1. The number of urea groups is 1. The van der Waals surface area contributed by atoms with Crippen LogP contribution in [0.1, 0.15) is 48.7 Å². The van der Waals surface area contributed by atoms with Crippen molar-refractivity contribution in [1.29, 1.82) is 0 Å². The Kier molecular flexibility index (Phi) is 8.03. The largest absolute Gasteiger partial charge is 0.497 e. The highest BCUT2D eigenvalue weighted by Crippen LogP contribution is 2.41. The maximum atomic E-state index is 13.3. The minimum Gasteiger partial charge on any atom is -0.497 e. The summed E-state index contributed by atoms with van der Waals surface area (Å²) in [5.74, 6) is 1.78. The van der Waals surface area contributed by atoms with Gasteiger partial charge in [0.25, 0.3) is 0 Å². The molecule has 2 aromatic heterocycles. The molecule has 0 bridgehead atoms. The van der Waals surface area contributed by atoms with Crippen LogP contribution < -0.4 is 20.1 Å². The van der Waals surface area contributed by atoms with E-state index in [4.69, 9.17) is 9.47 Å². The van der Waals surface area contributed by atoms with Crippen LogP contribution in [0.25, 0.3) is 5.00 Å². The standard InChI is InChI=1S/C27H36N4O3S/c1-18(2)8-10-21(28-27(32)29-22-16-19(33-4)9-11-23(22)34-5)25-20-12-15-30(3)17-24(20)35-26(25)31-13-6-7-14-31/h6-7,9,11,13-14,16,18,21H,8,10,12,15,17H2,1-5H3,(H2,28,29,32)/t21-/m1/s1. The molecular weight excluding hydrogens is 460 g/mol. The van der Waals surface area contributed by atoms with Crippen molar-refractivity contribution in [2.75, 3.05) is 33.1 Å². The van der Waals surface area contributed by atoms with Gasteiger partial charge in [0.05, 0.1) is 25.9 Å². The topological polar surface area (TPSA) is 67.8 Å². The van der Waals surface area contributed by atoms with Crippen molar-refractivity contribution in [2.24, 2.45) is 5.92 Å². The molecule has 1 aliphatic heterocycles. The van der Waals surface area contributed by atoms with Crippen LogP contribution in [0.3, 0.4) is 0 Å². The Morgan fingerprint density at radius 2 is 1.91 bits per heavy atom. The van der Waals surface area contributed by atoms with E-state index in [9.17, 15) is 4.79 Å². The number of thiophene rings is 1. The molecule has 4 rings (SSSR count). The van der Waals surface area contributed by atoms with Gasteiger partial charge in [-0.3, -0.25) is 0 Å². The van der Waals surface area contributed by atoms with Gasteiger partial charge in [-0.15, -0.1) is 11.3 Å². The van der Waals surface area contributed by atoms with Crippen LogP contribution in [-0.2, 0) is 13.0 Å². The maximum Gasteiger partial charge on any atom is 0.319 e. The zero-order valence-electron chi connectivity index (χ0n) is 21.3. The molecule has 0 aliphatic carbocycles. The SMILES string of the molecule is COc1ccc(OC)c(NC(=O)N[C@H](CCC(C)C)c2c(-n3cccc3)sc3c2CCN(C)C3)c1. The van der Waals surface area contributed by atoms with E-state index in [1.165, 1.54) is 21.0 Å². The van der Waals surface area contributed by atoms with Crippen molar-refractivity contribution in [3.63, 3.8) is 0 Å². The van der Waals surface area contributed by atoms with Crippen LogP contribution in [0.4, 0.5) is 10.5 Å². The molecule has 0 radical (unpaired) electrons. The van der Waals surface area contributed by atoms with Crippen molar-refractivity contribution in [3.8, 4) is 16.5 Å². The Morgan fingerprint density at radius 3 is 2.60 bits per heavy atom. The fourth-order valence-electron chi connectivity index (χ4n) is 4.58. The van der Waals surface area contributed by atoms with E-state index in [1.807, 2.05) is 29.5 Å². The maximum absolute atomic E-state index is 13.3. The molecule has 0 spiro atoms. The summed E-state index contributed by atoms with van der Waals surface area (Å²) in [5, 5.41) is 7.50. The molecule has 1 aliphatic rings. The molecule has 0 fully saturated rings. The van der Waals surface area contributed by atoms with Crippen molar-refractivity contribution in [2.45, 2.75) is 45.7 Å². The predicted octanol–water partition coefficient (Wildman–Crippen LogP) is 5.84. The molecule has 35 heavy (non-hydrogen) atoms. The molecule has 1 aromatic carbocycles. The first-order valence-corrected chi connectivity index (χ1v) is 13.0. The summed E-state index contributed by atoms with van der Waals surface area (Å²) in [5.41, 5.74) is 3.22. The Morgan fingerprint density at radius 1 is 1.14 bits per heavy atom. The van der Waals surface area contributed by atoms with E-state index < -0.39 is 0 Å². The van der Waals surface area contributed by atoms with Crippen LogP contribution in [0.15, 0.2) is 42.7 Å². The smallest absolute Gasteiger partial charge is 0.319 e. The van der Waals surface area contributed by atoms with Gasteiger partial charge in [0.1, 0.15) is 16.5 Å². The summed E-state index contributed by atoms with van der Waals surface area (Å²) in [6.45, 7) is 6.41. The van der Waals surface area contributed by atoms with E-state index in [2.05, 4.69) is 53.4 Å². The number of rotatable bonds is 9. The van der Waals surface area contributed by atoms with Gasteiger partial charge in [-0.1, -0.05) is 13.8 Å². The number of amides is 2.